The molecule has 0 heterocycles. The molecule has 0 bridgehead atoms. The second kappa shape index (κ2) is 17.8. The molecule has 0 saturated heterocycles. The number of amides is 1. The zero-order chi connectivity index (χ0) is 21.1. The highest BCUT2D eigenvalue weighted by molar-refractivity contribution is 5.77. The number of ether oxygens (including phenoxy) is 2. The van der Waals surface area contributed by atoms with E-state index >= 15 is 0 Å². The summed E-state index contributed by atoms with van der Waals surface area (Å²) in [6.45, 7) is 7.88. The highest BCUT2D eigenvalue weighted by Gasteiger charge is 2.16. The van der Waals surface area contributed by atoms with Crippen LogP contribution in [0.3, 0.4) is 0 Å². The van der Waals surface area contributed by atoms with Crippen molar-refractivity contribution in [3.63, 3.8) is 0 Å². The topological polar surface area (TPSA) is 64.6 Å². The number of esters is 1. The lowest BCUT2D eigenvalue weighted by Gasteiger charge is -2.19. The number of hydrogen-bond donors (Lipinski definition) is 1. The fraction of sp³-hybridized carbons (Fsp3) is 0.913. The first-order chi connectivity index (χ1) is 13.3. The number of carbonyl (C=O) groups is 2. The second-order valence-corrected chi connectivity index (χ2v) is 8.67. The van der Waals surface area contributed by atoms with Crippen LogP contribution in [0.25, 0.3) is 0 Å². The van der Waals surface area contributed by atoms with Gasteiger partial charge in [-0.3, -0.25) is 4.79 Å². The molecule has 0 unspecified atom stereocenters. The molecule has 5 nitrogen and oxygen atoms in total. The van der Waals surface area contributed by atoms with Crippen LogP contribution in [0.1, 0.15) is 118 Å². The van der Waals surface area contributed by atoms with E-state index in [0.29, 0.717) is 6.61 Å². The van der Waals surface area contributed by atoms with Crippen molar-refractivity contribution in [3.05, 3.63) is 0 Å². The van der Waals surface area contributed by atoms with Crippen molar-refractivity contribution in [3.8, 4) is 0 Å². The van der Waals surface area contributed by atoms with Gasteiger partial charge >= 0.3 is 12.1 Å². The van der Waals surface area contributed by atoms with Gasteiger partial charge in [0.1, 0.15) is 12.1 Å². The summed E-state index contributed by atoms with van der Waals surface area (Å²) in [4.78, 5) is 23.0. The maximum Gasteiger partial charge on any atom is 0.408 e. The first kappa shape index (κ1) is 26.7. The van der Waals surface area contributed by atoms with Crippen LogP contribution in [0.4, 0.5) is 4.79 Å². The Labute approximate surface area is 173 Å². The van der Waals surface area contributed by atoms with Gasteiger partial charge in [-0.1, -0.05) is 90.4 Å². The van der Waals surface area contributed by atoms with Gasteiger partial charge in [0, 0.05) is 0 Å². The van der Waals surface area contributed by atoms with E-state index in [1.54, 1.807) is 20.8 Å². The molecule has 0 saturated carbocycles. The first-order valence-corrected chi connectivity index (χ1v) is 11.5. The molecule has 0 spiro atoms. The average Bonchev–Trinajstić information content (AvgIpc) is 2.62. The molecular weight excluding hydrogens is 354 g/mol. The van der Waals surface area contributed by atoms with Crippen molar-refractivity contribution in [2.24, 2.45) is 0 Å². The maximum atomic E-state index is 11.6. The Hall–Kier alpha value is -1.26. The molecule has 0 aliphatic heterocycles. The summed E-state index contributed by atoms with van der Waals surface area (Å²) >= 11 is 0. The zero-order valence-corrected chi connectivity index (χ0v) is 18.9. The van der Waals surface area contributed by atoms with Crippen LogP contribution >= 0.6 is 0 Å². The zero-order valence-electron chi connectivity index (χ0n) is 18.9. The molecule has 0 rings (SSSR count). The summed E-state index contributed by atoms with van der Waals surface area (Å²) in [5, 5.41) is 2.41. The Morgan fingerprint density at radius 2 is 1.14 bits per heavy atom. The van der Waals surface area contributed by atoms with E-state index in [2.05, 4.69) is 12.2 Å². The number of nitrogens with one attached hydrogen (secondary N) is 1. The molecule has 0 aromatic rings. The molecule has 5 heteroatoms. The van der Waals surface area contributed by atoms with Crippen LogP contribution in [-0.2, 0) is 14.3 Å². The van der Waals surface area contributed by atoms with Crippen molar-refractivity contribution in [2.45, 2.75) is 123 Å². The van der Waals surface area contributed by atoms with Gasteiger partial charge in [0.15, 0.2) is 0 Å². The van der Waals surface area contributed by atoms with Crippen LogP contribution in [0, 0.1) is 0 Å². The summed E-state index contributed by atoms with van der Waals surface area (Å²) in [7, 11) is 0. The number of hydrogen-bond acceptors (Lipinski definition) is 4. The fourth-order valence-electron chi connectivity index (χ4n) is 2.99. The van der Waals surface area contributed by atoms with Crippen LogP contribution in [0.2, 0.25) is 0 Å². The minimum Gasteiger partial charge on any atom is -0.464 e. The van der Waals surface area contributed by atoms with Gasteiger partial charge in [-0.05, 0) is 27.2 Å². The van der Waals surface area contributed by atoms with Gasteiger partial charge in [0.05, 0.1) is 6.61 Å². The monoisotopic (exact) mass is 399 g/mol. The van der Waals surface area contributed by atoms with Crippen molar-refractivity contribution in [1.29, 1.82) is 0 Å². The van der Waals surface area contributed by atoms with Gasteiger partial charge in [-0.2, -0.15) is 0 Å². The van der Waals surface area contributed by atoms with E-state index in [1.165, 1.54) is 77.0 Å². The Kier molecular flexibility index (Phi) is 17.0. The van der Waals surface area contributed by atoms with E-state index < -0.39 is 17.7 Å². The van der Waals surface area contributed by atoms with Crippen LogP contribution in [0.15, 0.2) is 0 Å². The third-order valence-corrected chi connectivity index (χ3v) is 4.54. The van der Waals surface area contributed by atoms with Gasteiger partial charge in [0.2, 0.25) is 0 Å². The van der Waals surface area contributed by atoms with E-state index in [0.717, 1.165) is 12.8 Å². The van der Waals surface area contributed by atoms with Gasteiger partial charge in [-0.15, -0.1) is 0 Å². The van der Waals surface area contributed by atoms with Crippen molar-refractivity contribution in [2.75, 3.05) is 13.2 Å². The molecule has 0 fully saturated rings. The minimum atomic E-state index is -0.596. The first-order valence-electron chi connectivity index (χ1n) is 11.5. The largest absolute Gasteiger partial charge is 0.464 e. The van der Waals surface area contributed by atoms with Gasteiger partial charge in [0.25, 0.3) is 0 Å². The highest BCUT2D eigenvalue weighted by atomic mass is 16.6. The Balaban J connectivity index is 3.28. The molecule has 0 aliphatic carbocycles. The van der Waals surface area contributed by atoms with Crippen molar-refractivity contribution in [1.82, 2.24) is 5.32 Å². The van der Waals surface area contributed by atoms with Crippen LogP contribution in [-0.4, -0.2) is 30.8 Å². The quantitative estimate of drug-likeness (QED) is 0.223. The number of alkyl carbamates (subject to hydrolysis) is 1. The molecule has 0 radical (unpaired) electrons. The van der Waals surface area contributed by atoms with Crippen LogP contribution < -0.4 is 5.32 Å². The Morgan fingerprint density at radius 3 is 1.57 bits per heavy atom. The predicted octanol–water partition coefficient (Wildman–Crippen LogP) is 6.54. The SMILES string of the molecule is CCCCCCCCCCCCCCCCOC(=O)CNC(=O)OC(C)(C)C. The molecule has 166 valence electrons. The lowest BCUT2D eigenvalue weighted by atomic mass is 10.0. The minimum absolute atomic E-state index is 0.145. The van der Waals surface area contributed by atoms with E-state index in [4.69, 9.17) is 9.47 Å². The van der Waals surface area contributed by atoms with Crippen LogP contribution in [0.5, 0.6) is 0 Å². The fourth-order valence-corrected chi connectivity index (χ4v) is 2.99. The number of rotatable bonds is 17. The molecule has 0 atom stereocenters. The van der Waals surface area contributed by atoms with Crippen molar-refractivity contribution < 1.29 is 19.1 Å². The standard InChI is InChI=1S/C23H45NO4/c1-5-6-7-8-9-10-11-12-13-14-15-16-17-18-19-27-21(25)20-24-22(26)28-23(2,3)4/h5-20H2,1-4H3,(H,24,26). The summed E-state index contributed by atoms with van der Waals surface area (Å²) in [6, 6.07) is 0. The normalized spacial score (nSPS) is 11.3. The third kappa shape index (κ3) is 21.0. The van der Waals surface area contributed by atoms with E-state index in [1.807, 2.05) is 0 Å². The Bertz CT molecular complexity index is 391. The lowest BCUT2D eigenvalue weighted by molar-refractivity contribution is -0.142. The smallest absolute Gasteiger partial charge is 0.408 e. The lowest BCUT2D eigenvalue weighted by Crippen LogP contribution is -2.36. The molecule has 1 amide bonds. The molecule has 1 N–H and O–H groups in total. The van der Waals surface area contributed by atoms with E-state index in [-0.39, 0.29) is 6.54 Å². The number of carbonyl (C=O) groups excluding carboxylic acids is 2. The second-order valence-electron chi connectivity index (χ2n) is 8.67. The summed E-state index contributed by atoms with van der Waals surface area (Å²) < 4.78 is 10.2. The maximum absolute atomic E-state index is 11.6. The molecular formula is C23H45NO4. The predicted molar refractivity (Wildman–Crippen MR) is 116 cm³/mol. The van der Waals surface area contributed by atoms with Gasteiger partial charge in [-0.25, -0.2) is 4.79 Å². The average molecular weight is 400 g/mol. The highest BCUT2D eigenvalue weighted by Crippen LogP contribution is 2.13. The summed E-state index contributed by atoms with van der Waals surface area (Å²) in [5.74, 6) is -0.416. The van der Waals surface area contributed by atoms with Crippen molar-refractivity contribution >= 4 is 12.1 Å². The summed E-state index contributed by atoms with van der Waals surface area (Å²) in [6.07, 6.45) is 17.6. The molecule has 0 aromatic heterocycles. The van der Waals surface area contributed by atoms with E-state index in [9.17, 15) is 9.59 Å². The molecule has 28 heavy (non-hydrogen) atoms. The van der Waals surface area contributed by atoms with Gasteiger partial charge < -0.3 is 14.8 Å². The third-order valence-electron chi connectivity index (χ3n) is 4.54. The molecule has 0 aliphatic rings. The Morgan fingerprint density at radius 1 is 0.714 bits per heavy atom. The summed E-state index contributed by atoms with van der Waals surface area (Å²) in [5.41, 5.74) is -0.567. The number of unbranched alkanes of at least 4 members (excludes halogenated alkanes) is 13. The molecule has 0 aromatic carbocycles.